The fourth-order valence-electron chi connectivity index (χ4n) is 1.67. The molecule has 3 nitrogen and oxygen atoms in total. The summed E-state index contributed by atoms with van der Waals surface area (Å²) in [6.07, 6.45) is 1.49. The van der Waals surface area contributed by atoms with Crippen molar-refractivity contribution in [2.45, 2.75) is 6.67 Å². The van der Waals surface area contributed by atoms with E-state index >= 15 is 0 Å². The molecule has 1 aromatic heterocycles. The zero-order valence-electron chi connectivity index (χ0n) is 9.12. The summed E-state index contributed by atoms with van der Waals surface area (Å²) in [5.41, 5.74) is 6.33. The third kappa shape index (κ3) is 1.96. The quantitative estimate of drug-likeness (QED) is 0.851. The van der Waals surface area contributed by atoms with Gasteiger partial charge in [-0.05, 0) is 18.2 Å². The maximum absolute atomic E-state index is 13.9. The fraction of sp³-hybridized carbons (Fsp3) is 0.0833. The number of rotatable bonds is 2. The maximum Gasteiger partial charge on any atom is 0.154 e. The first-order chi connectivity index (χ1) is 8.58. The molecule has 0 aliphatic heterocycles. The Morgan fingerprint density at radius 2 is 2.11 bits per heavy atom. The molecule has 0 atom stereocenters. The lowest BCUT2D eigenvalue weighted by Gasteiger charge is -2.08. The summed E-state index contributed by atoms with van der Waals surface area (Å²) in [4.78, 5) is 0. The molecule has 0 aliphatic rings. The molecule has 92 valence electrons. The van der Waals surface area contributed by atoms with E-state index in [4.69, 9.17) is 22.6 Å². The van der Waals surface area contributed by atoms with E-state index in [0.29, 0.717) is 11.3 Å². The van der Waals surface area contributed by atoms with Crippen LogP contribution in [0.1, 0.15) is 5.56 Å². The van der Waals surface area contributed by atoms with Gasteiger partial charge in [-0.1, -0.05) is 11.6 Å². The molecular weight excluding hydrogens is 260 g/mol. The van der Waals surface area contributed by atoms with Crippen LogP contribution in [-0.4, -0.2) is 4.57 Å². The predicted molar refractivity (Wildman–Crippen MR) is 63.7 cm³/mol. The Morgan fingerprint density at radius 3 is 2.72 bits per heavy atom. The molecule has 0 saturated heterocycles. The van der Waals surface area contributed by atoms with E-state index in [1.807, 2.05) is 6.07 Å². The SMILES string of the molecule is N#Cc1cc(-c2ccc(F)c(Cl)c2F)n(CN)c1. The van der Waals surface area contributed by atoms with E-state index in [9.17, 15) is 8.78 Å². The zero-order chi connectivity index (χ0) is 13.3. The van der Waals surface area contributed by atoms with E-state index in [1.54, 1.807) is 0 Å². The molecule has 2 aromatic rings. The lowest BCUT2D eigenvalue weighted by molar-refractivity contribution is 0.585. The van der Waals surface area contributed by atoms with Crippen molar-refractivity contribution in [1.29, 1.82) is 5.26 Å². The summed E-state index contributed by atoms with van der Waals surface area (Å²) < 4.78 is 28.4. The van der Waals surface area contributed by atoms with Crippen LogP contribution in [-0.2, 0) is 6.67 Å². The standard InChI is InChI=1S/C12H8ClF2N3/c13-11-9(14)2-1-8(12(11)15)10-3-7(4-16)5-18(10)6-17/h1-3,5H,6,17H2. The van der Waals surface area contributed by atoms with Gasteiger partial charge in [-0.3, -0.25) is 0 Å². The van der Waals surface area contributed by atoms with Gasteiger partial charge in [0.2, 0.25) is 0 Å². The Bertz CT molecular complexity index is 644. The third-order valence-electron chi connectivity index (χ3n) is 2.53. The van der Waals surface area contributed by atoms with Crippen LogP contribution in [0.15, 0.2) is 24.4 Å². The summed E-state index contributed by atoms with van der Waals surface area (Å²) in [5, 5.41) is 8.23. The maximum atomic E-state index is 13.9. The van der Waals surface area contributed by atoms with Gasteiger partial charge >= 0.3 is 0 Å². The summed E-state index contributed by atoms with van der Waals surface area (Å²) >= 11 is 5.51. The van der Waals surface area contributed by atoms with Crippen molar-refractivity contribution in [2.75, 3.05) is 0 Å². The number of nitrogens with zero attached hydrogens (tertiary/aromatic N) is 2. The minimum absolute atomic E-state index is 0.0749. The average Bonchev–Trinajstić information content (AvgIpc) is 2.79. The molecule has 0 fully saturated rings. The van der Waals surface area contributed by atoms with Crippen molar-refractivity contribution in [3.05, 3.63) is 46.6 Å². The van der Waals surface area contributed by atoms with Gasteiger partial charge < -0.3 is 10.3 Å². The molecule has 0 saturated carbocycles. The van der Waals surface area contributed by atoms with Gasteiger partial charge in [0, 0.05) is 11.8 Å². The number of nitriles is 1. The van der Waals surface area contributed by atoms with Crippen LogP contribution in [0.2, 0.25) is 5.02 Å². The molecule has 1 heterocycles. The molecule has 0 unspecified atom stereocenters. The fourth-order valence-corrected chi connectivity index (χ4v) is 1.84. The van der Waals surface area contributed by atoms with Crippen LogP contribution in [0.25, 0.3) is 11.3 Å². The average molecular weight is 268 g/mol. The smallest absolute Gasteiger partial charge is 0.154 e. The molecule has 18 heavy (non-hydrogen) atoms. The second kappa shape index (κ2) is 4.77. The van der Waals surface area contributed by atoms with Gasteiger partial charge in [0.15, 0.2) is 5.82 Å². The van der Waals surface area contributed by atoms with Crippen LogP contribution in [0.4, 0.5) is 8.78 Å². The molecule has 0 aliphatic carbocycles. The summed E-state index contributed by atoms with van der Waals surface area (Å²) in [7, 11) is 0. The predicted octanol–water partition coefficient (Wildman–Crippen LogP) is 2.87. The van der Waals surface area contributed by atoms with Gasteiger partial charge in [-0.15, -0.1) is 0 Å². The largest absolute Gasteiger partial charge is 0.333 e. The molecule has 6 heteroatoms. The van der Waals surface area contributed by atoms with Crippen LogP contribution in [0.5, 0.6) is 0 Å². The Kier molecular flexibility index (Phi) is 3.32. The number of halogens is 3. The summed E-state index contributed by atoms with van der Waals surface area (Å²) in [6, 6.07) is 5.74. The van der Waals surface area contributed by atoms with Crippen molar-refractivity contribution >= 4 is 11.6 Å². The van der Waals surface area contributed by atoms with Gasteiger partial charge in [-0.2, -0.15) is 5.26 Å². The van der Waals surface area contributed by atoms with E-state index in [-0.39, 0.29) is 12.2 Å². The van der Waals surface area contributed by atoms with E-state index in [2.05, 4.69) is 0 Å². The molecule has 1 aromatic carbocycles. The van der Waals surface area contributed by atoms with E-state index in [1.165, 1.54) is 22.9 Å². The highest BCUT2D eigenvalue weighted by Gasteiger charge is 2.16. The monoisotopic (exact) mass is 267 g/mol. The molecule has 2 rings (SSSR count). The normalized spacial score (nSPS) is 10.4. The Balaban J connectivity index is 2.66. The number of hydrogen-bond acceptors (Lipinski definition) is 2. The highest BCUT2D eigenvalue weighted by molar-refractivity contribution is 6.31. The molecule has 0 amide bonds. The third-order valence-corrected chi connectivity index (χ3v) is 2.88. The number of benzene rings is 1. The lowest BCUT2D eigenvalue weighted by atomic mass is 10.1. The van der Waals surface area contributed by atoms with Crippen molar-refractivity contribution in [2.24, 2.45) is 5.73 Å². The van der Waals surface area contributed by atoms with Crippen molar-refractivity contribution in [1.82, 2.24) is 4.57 Å². The minimum Gasteiger partial charge on any atom is -0.333 e. The lowest BCUT2D eigenvalue weighted by Crippen LogP contribution is -2.07. The van der Waals surface area contributed by atoms with Crippen molar-refractivity contribution < 1.29 is 8.78 Å². The van der Waals surface area contributed by atoms with Crippen LogP contribution in [0.3, 0.4) is 0 Å². The Morgan fingerprint density at radius 1 is 1.39 bits per heavy atom. The van der Waals surface area contributed by atoms with Crippen molar-refractivity contribution in [3.8, 4) is 17.3 Å². The molecule has 0 spiro atoms. The van der Waals surface area contributed by atoms with Gasteiger partial charge in [0.05, 0.1) is 17.9 Å². The second-order valence-electron chi connectivity index (χ2n) is 3.60. The molecule has 0 radical (unpaired) electrons. The minimum atomic E-state index is -0.867. The summed E-state index contributed by atoms with van der Waals surface area (Å²) in [5.74, 6) is -1.70. The topological polar surface area (TPSA) is 54.7 Å². The Hall–Kier alpha value is -1.90. The van der Waals surface area contributed by atoms with Crippen LogP contribution < -0.4 is 5.73 Å². The number of nitrogens with two attached hydrogens (primary N) is 1. The van der Waals surface area contributed by atoms with E-state index in [0.717, 1.165) is 6.07 Å². The molecule has 0 bridgehead atoms. The number of aromatic nitrogens is 1. The number of hydrogen-bond donors (Lipinski definition) is 1. The zero-order valence-corrected chi connectivity index (χ0v) is 9.88. The van der Waals surface area contributed by atoms with Crippen LogP contribution in [0, 0.1) is 23.0 Å². The first kappa shape index (κ1) is 12.6. The van der Waals surface area contributed by atoms with Gasteiger partial charge in [0.1, 0.15) is 16.9 Å². The highest BCUT2D eigenvalue weighted by Crippen LogP contribution is 2.30. The second-order valence-corrected chi connectivity index (χ2v) is 3.98. The first-order valence-corrected chi connectivity index (χ1v) is 5.40. The molecule has 2 N–H and O–H groups in total. The first-order valence-electron chi connectivity index (χ1n) is 5.02. The van der Waals surface area contributed by atoms with Gasteiger partial charge in [0.25, 0.3) is 0 Å². The summed E-state index contributed by atoms with van der Waals surface area (Å²) in [6.45, 7) is 0.0749. The van der Waals surface area contributed by atoms with Gasteiger partial charge in [-0.25, -0.2) is 8.78 Å². The van der Waals surface area contributed by atoms with Crippen LogP contribution >= 0.6 is 11.6 Å². The van der Waals surface area contributed by atoms with E-state index < -0.39 is 16.7 Å². The molecular formula is C12H8ClF2N3. The Labute approximate surface area is 107 Å². The van der Waals surface area contributed by atoms with Crippen molar-refractivity contribution in [3.63, 3.8) is 0 Å². The highest BCUT2D eigenvalue weighted by atomic mass is 35.5.